The number of fused-ring (bicyclic) bond motifs is 1. The van der Waals surface area contributed by atoms with Gasteiger partial charge in [0.25, 0.3) is 0 Å². The van der Waals surface area contributed by atoms with Crippen LogP contribution in [-0.4, -0.2) is 30.6 Å². The third-order valence-electron chi connectivity index (χ3n) is 4.14. The quantitative estimate of drug-likeness (QED) is 0.801. The van der Waals surface area contributed by atoms with Crippen LogP contribution in [-0.2, 0) is 6.42 Å². The van der Waals surface area contributed by atoms with Gasteiger partial charge in [-0.25, -0.2) is 0 Å². The molecule has 1 saturated carbocycles. The maximum atomic E-state index is 9.84. The van der Waals surface area contributed by atoms with Crippen LogP contribution >= 0.6 is 0 Å². The number of benzene rings is 1. The summed E-state index contributed by atoms with van der Waals surface area (Å²) in [6.07, 6.45) is 4.27. The molecule has 1 fully saturated rings. The molecule has 2 aliphatic rings. The van der Waals surface area contributed by atoms with Crippen LogP contribution in [0, 0.1) is 5.92 Å². The van der Waals surface area contributed by atoms with Crippen molar-refractivity contribution in [1.82, 2.24) is 5.32 Å². The van der Waals surface area contributed by atoms with Gasteiger partial charge in [0, 0.05) is 12.6 Å². The number of rotatable bonds is 7. The molecule has 4 heteroatoms. The summed E-state index contributed by atoms with van der Waals surface area (Å²) in [7, 11) is 0. The van der Waals surface area contributed by atoms with Crippen molar-refractivity contribution in [3.05, 3.63) is 23.8 Å². The van der Waals surface area contributed by atoms with Crippen LogP contribution in [0.2, 0.25) is 0 Å². The van der Waals surface area contributed by atoms with Crippen molar-refractivity contribution in [3.8, 4) is 11.5 Å². The summed E-state index contributed by atoms with van der Waals surface area (Å²) in [4.78, 5) is 0. The highest BCUT2D eigenvalue weighted by molar-refractivity contribution is 5.44. The van der Waals surface area contributed by atoms with Crippen LogP contribution in [0.1, 0.15) is 31.7 Å². The third-order valence-corrected chi connectivity index (χ3v) is 4.14. The number of ether oxygens (including phenoxy) is 2. The Morgan fingerprint density at radius 1 is 1.30 bits per heavy atom. The first-order chi connectivity index (χ1) is 9.72. The Labute approximate surface area is 120 Å². The molecule has 110 valence electrons. The lowest BCUT2D eigenvalue weighted by molar-refractivity contribution is 0.145. The second-order valence-electron chi connectivity index (χ2n) is 5.94. The van der Waals surface area contributed by atoms with Gasteiger partial charge >= 0.3 is 0 Å². The van der Waals surface area contributed by atoms with E-state index in [0.717, 1.165) is 24.3 Å². The molecule has 1 heterocycles. The lowest BCUT2D eigenvalue weighted by atomic mass is 10.1. The summed E-state index contributed by atoms with van der Waals surface area (Å²) in [6, 6.07) is 6.55. The largest absolute Gasteiger partial charge is 0.454 e. The number of aliphatic hydroxyl groups excluding tert-OH is 1. The zero-order valence-corrected chi connectivity index (χ0v) is 12.0. The van der Waals surface area contributed by atoms with E-state index in [1.165, 1.54) is 18.4 Å². The lowest BCUT2D eigenvalue weighted by Crippen LogP contribution is -2.34. The summed E-state index contributed by atoms with van der Waals surface area (Å²) in [6.45, 7) is 3.22. The van der Waals surface area contributed by atoms with Crippen LogP contribution in [0.25, 0.3) is 0 Å². The molecule has 2 N–H and O–H groups in total. The molecule has 0 spiro atoms. The lowest BCUT2D eigenvalue weighted by Gasteiger charge is -2.17. The maximum Gasteiger partial charge on any atom is 0.231 e. The Morgan fingerprint density at radius 2 is 2.10 bits per heavy atom. The average molecular weight is 277 g/mol. The fraction of sp³-hybridized carbons (Fsp3) is 0.625. The molecule has 0 radical (unpaired) electrons. The first kappa shape index (κ1) is 13.7. The zero-order chi connectivity index (χ0) is 13.9. The smallest absolute Gasteiger partial charge is 0.231 e. The van der Waals surface area contributed by atoms with E-state index in [4.69, 9.17) is 9.47 Å². The standard InChI is InChI=1S/C16H23NO3/c1-11(17-9-14(18)13-5-6-13)2-3-12-4-7-15-16(8-12)20-10-19-15/h4,7-8,11,13-14,17-18H,2-3,5-6,9-10H2,1H3. The van der Waals surface area contributed by atoms with Crippen molar-refractivity contribution < 1.29 is 14.6 Å². The van der Waals surface area contributed by atoms with Crippen LogP contribution in [0.4, 0.5) is 0 Å². The van der Waals surface area contributed by atoms with Crippen LogP contribution < -0.4 is 14.8 Å². The van der Waals surface area contributed by atoms with Crippen molar-refractivity contribution in [2.45, 2.75) is 44.8 Å². The molecule has 1 aliphatic carbocycles. The van der Waals surface area contributed by atoms with E-state index in [9.17, 15) is 5.11 Å². The number of aliphatic hydroxyl groups is 1. The minimum Gasteiger partial charge on any atom is -0.454 e. The van der Waals surface area contributed by atoms with Crippen molar-refractivity contribution in [2.75, 3.05) is 13.3 Å². The SMILES string of the molecule is CC(CCc1ccc2c(c1)OCO2)NCC(O)C1CC1. The highest BCUT2D eigenvalue weighted by Gasteiger charge is 2.29. The van der Waals surface area contributed by atoms with Crippen molar-refractivity contribution in [2.24, 2.45) is 5.92 Å². The van der Waals surface area contributed by atoms with E-state index in [2.05, 4.69) is 24.4 Å². The highest BCUT2D eigenvalue weighted by Crippen LogP contribution is 2.33. The highest BCUT2D eigenvalue weighted by atomic mass is 16.7. The number of nitrogens with one attached hydrogen (secondary N) is 1. The van der Waals surface area contributed by atoms with Gasteiger partial charge in [-0.2, -0.15) is 0 Å². The van der Waals surface area contributed by atoms with Crippen LogP contribution in [0.5, 0.6) is 11.5 Å². The normalized spacial score (nSPS) is 19.9. The van der Waals surface area contributed by atoms with E-state index in [0.29, 0.717) is 25.3 Å². The molecule has 0 amide bonds. The summed E-state index contributed by atoms with van der Waals surface area (Å²) in [5.41, 5.74) is 1.27. The van der Waals surface area contributed by atoms with Gasteiger partial charge in [0.05, 0.1) is 6.10 Å². The molecule has 0 bridgehead atoms. The zero-order valence-electron chi connectivity index (χ0n) is 12.0. The van der Waals surface area contributed by atoms with Gasteiger partial charge in [-0.3, -0.25) is 0 Å². The molecule has 2 atom stereocenters. The Kier molecular flexibility index (Phi) is 4.13. The van der Waals surface area contributed by atoms with E-state index in [1.807, 2.05) is 6.07 Å². The molecule has 0 saturated heterocycles. The van der Waals surface area contributed by atoms with Crippen LogP contribution in [0.3, 0.4) is 0 Å². The molecule has 0 aromatic heterocycles. The molecular formula is C16H23NO3. The number of hydrogen-bond donors (Lipinski definition) is 2. The second-order valence-corrected chi connectivity index (χ2v) is 5.94. The van der Waals surface area contributed by atoms with Gasteiger partial charge in [0.2, 0.25) is 6.79 Å². The second kappa shape index (κ2) is 6.02. The minimum absolute atomic E-state index is 0.164. The fourth-order valence-electron chi connectivity index (χ4n) is 2.55. The molecule has 1 aromatic rings. The van der Waals surface area contributed by atoms with E-state index in [-0.39, 0.29) is 6.10 Å². The topological polar surface area (TPSA) is 50.7 Å². The summed E-state index contributed by atoms with van der Waals surface area (Å²) in [5.74, 6) is 2.24. The first-order valence-corrected chi connectivity index (χ1v) is 7.52. The third kappa shape index (κ3) is 3.44. The van der Waals surface area contributed by atoms with Gasteiger partial charge in [-0.1, -0.05) is 6.07 Å². The maximum absolute atomic E-state index is 9.84. The monoisotopic (exact) mass is 277 g/mol. The van der Waals surface area contributed by atoms with Crippen molar-refractivity contribution in [3.63, 3.8) is 0 Å². The number of aryl methyl sites for hydroxylation is 1. The van der Waals surface area contributed by atoms with Crippen molar-refractivity contribution >= 4 is 0 Å². The van der Waals surface area contributed by atoms with Gasteiger partial charge in [0.15, 0.2) is 11.5 Å². The van der Waals surface area contributed by atoms with Gasteiger partial charge in [-0.05, 0) is 56.2 Å². The molecular weight excluding hydrogens is 254 g/mol. The molecule has 1 aliphatic heterocycles. The summed E-state index contributed by atoms with van der Waals surface area (Å²) < 4.78 is 10.7. The van der Waals surface area contributed by atoms with E-state index >= 15 is 0 Å². The Bertz CT molecular complexity index is 459. The molecule has 4 nitrogen and oxygen atoms in total. The summed E-state index contributed by atoms with van der Waals surface area (Å²) in [5, 5.41) is 13.3. The Morgan fingerprint density at radius 3 is 2.90 bits per heavy atom. The van der Waals surface area contributed by atoms with Gasteiger partial charge in [-0.15, -0.1) is 0 Å². The minimum atomic E-state index is -0.164. The average Bonchev–Trinajstić information content (AvgIpc) is 3.20. The molecule has 20 heavy (non-hydrogen) atoms. The molecule has 1 aromatic carbocycles. The van der Waals surface area contributed by atoms with E-state index < -0.39 is 0 Å². The van der Waals surface area contributed by atoms with E-state index in [1.54, 1.807) is 0 Å². The van der Waals surface area contributed by atoms with Crippen LogP contribution in [0.15, 0.2) is 18.2 Å². The predicted octanol–water partition coefficient (Wildman–Crippen LogP) is 2.10. The fourth-order valence-corrected chi connectivity index (χ4v) is 2.55. The Hall–Kier alpha value is -1.26. The molecule has 2 unspecified atom stereocenters. The predicted molar refractivity (Wildman–Crippen MR) is 77.1 cm³/mol. The molecule has 3 rings (SSSR count). The van der Waals surface area contributed by atoms with Gasteiger partial charge < -0.3 is 19.9 Å². The summed E-state index contributed by atoms with van der Waals surface area (Å²) >= 11 is 0. The first-order valence-electron chi connectivity index (χ1n) is 7.52. The van der Waals surface area contributed by atoms with Gasteiger partial charge in [0.1, 0.15) is 0 Å². The number of hydrogen-bond acceptors (Lipinski definition) is 4. The Balaban J connectivity index is 1.41. The van der Waals surface area contributed by atoms with Crippen molar-refractivity contribution in [1.29, 1.82) is 0 Å².